The molecule has 66 valence electrons. The zero-order valence-electron chi connectivity index (χ0n) is 7.72. The zero-order chi connectivity index (χ0) is 9.14. The van der Waals surface area contributed by atoms with E-state index in [4.69, 9.17) is 11.5 Å². The first-order valence-corrected chi connectivity index (χ1v) is 4.29. The molecule has 2 nitrogen and oxygen atoms in total. The molecule has 12 heavy (non-hydrogen) atoms. The highest BCUT2D eigenvalue weighted by Gasteiger charge is 2.00. The molecule has 0 aliphatic heterocycles. The molecule has 1 aromatic carbocycles. The van der Waals surface area contributed by atoms with Crippen LogP contribution < -0.4 is 11.5 Å². The van der Waals surface area contributed by atoms with Crippen molar-refractivity contribution in [2.45, 2.75) is 26.7 Å². The summed E-state index contributed by atoms with van der Waals surface area (Å²) in [6, 6.07) is 4.07. The number of nitrogens with two attached hydrogens (primary N) is 2. The van der Waals surface area contributed by atoms with E-state index in [1.807, 2.05) is 13.0 Å². The third-order valence-electron chi connectivity index (χ3n) is 2.02. The van der Waals surface area contributed by atoms with Crippen molar-refractivity contribution in [3.05, 3.63) is 23.3 Å². The van der Waals surface area contributed by atoms with E-state index in [0.29, 0.717) is 5.69 Å². The summed E-state index contributed by atoms with van der Waals surface area (Å²) < 4.78 is 0. The molecule has 1 aromatic rings. The molecule has 0 bridgehead atoms. The summed E-state index contributed by atoms with van der Waals surface area (Å²) in [7, 11) is 0. The Bertz CT molecular complexity index is 256. The zero-order valence-corrected chi connectivity index (χ0v) is 7.72. The second-order valence-corrected chi connectivity index (χ2v) is 3.17. The lowest BCUT2D eigenvalue weighted by molar-refractivity contribution is 0.921. The highest BCUT2D eigenvalue weighted by atomic mass is 14.7. The van der Waals surface area contributed by atoms with Crippen molar-refractivity contribution in [3.63, 3.8) is 0 Å². The summed E-state index contributed by atoms with van der Waals surface area (Å²) in [5.74, 6) is 0. The number of anilines is 2. The Kier molecular flexibility index (Phi) is 2.58. The van der Waals surface area contributed by atoms with E-state index in [2.05, 4.69) is 13.0 Å². The van der Waals surface area contributed by atoms with Crippen LogP contribution in [0.3, 0.4) is 0 Å². The number of nitrogen functional groups attached to an aromatic ring is 2. The maximum atomic E-state index is 5.73. The van der Waals surface area contributed by atoms with Gasteiger partial charge in [-0.1, -0.05) is 19.4 Å². The SMILES string of the molecule is CCCc1cc(C)c(N)c(N)c1. The molecule has 0 aromatic heterocycles. The minimum absolute atomic E-state index is 0.707. The van der Waals surface area contributed by atoms with Crippen LogP contribution in [0.15, 0.2) is 12.1 Å². The Balaban J connectivity index is 3.04. The van der Waals surface area contributed by atoms with Crippen molar-refractivity contribution < 1.29 is 0 Å². The number of hydrogen-bond acceptors (Lipinski definition) is 2. The molecule has 0 amide bonds. The third-order valence-corrected chi connectivity index (χ3v) is 2.02. The van der Waals surface area contributed by atoms with Gasteiger partial charge < -0.3 is 11.5 Å². The Morgan fingerprint density at radius 2 is 1.92 bits per heavy atom. The van der Waals surface area contributed by atoms with Crippen LogP contribution in [0.2, 0.25) is 0 Å². The van der Waals surface area contributed by atoms with Crippen LogP contribution in [0, 0.1) is 6.92 Å². The molecule has 2 heteroatoms. The van der Waals surface area contributed by atoms with Gasteiger partial charge in [-0.2, -0.15) is 0 Å². The fourth-order valence-electron chi connectivity index (χ4n) is 1.34. The average Bonchev–Trinajstić information content (AvgIpc) is 2.01. The van der Waals surface area contributed by atoms with Gasteiger partial charge in [0.05, 0.1) is 11.4 Å². The van der Waals surface area contributed by atoms with Crippen molar-refractivity contribution in [2.24, 2.45) is 0 Å². The van der Waals surface area contributed by atoms with Crippen LogP contribution >= 0.6 is 0 Å². The Morgan fingerprint density at radius 1 is 1.25 bits per heavy atom. The van der Waals surface area contributed by atoms with E-state index in [9.17, 15) is 0 Å². The van der Waals surface area contributed by atoms with E-state index in [1.165, 1.54) is 5.56 Å². The van der Waals surface area contributed by atoms with Crippen molar-refractivity contribution in [1.82, 2.24) is 0 Å². The maximum Gasteiger partial charge on any atom is 0.0577 e. The molecule has 4 N–H and O–H groups in total. The quantitative estimate of drug-likeness (QED) is 0.658. The van der Waals surface area contributed by atoms with Crippen molar-refractivity contribution >= 4 is 11.4 Å². The minimum atomic E-state index is 0.707. The molecule has 0 radical (unpaired) electrons. The first-order valence-electron chi connectivity index (χ1n) is 4.29. The fourth-order valence-corrected chi connectivity index (χ4v) is 1.34. The molecule has 1 rings (SSSR count). The molecular weight excluding hydrogens is 148 g/mol. The van der Waals surface area contributed by atoms with Crippen LogP contribution in [0.4, 0.5) is 11.4 Å². The van der Waals surface area contributed by atoms with Gasteiger partial charge in [0.15, 0.2) is 0 Å². The average molecular weight is 164 g/mol. The molecular formula is C10H16N2. The fraction of sp³-hybridized carbons (Fsp3) is 0.400. The monoisotopic (exact) mass is 164 g/mol. The van der Waals surface area contributed by atoms with E-state index >= 15 is 0 Å². The van der Waals surface area contributed by atoms with Crippen LogP contribution in [0.5, 0.6) is 0 Å². The Hall–Kier alpha value is -1.18. The maximum absolute atomic E-state index is 5.73. The second-order valence-electron chi connectivity index (χ2n) is 3.17. The summed E-state index contributed by atoms with van der Waals surface area (Å²) in [5, 5.41) is 0. The molecule has 0 aliphatic carbocycles. The number of benzene rings is 1. The third kappa shape index (κ3) is 1.70. The topological polar surface area (TPSA) is 52.0 Å². The summed E-state index contributed by atoms with van der Waals surface area (Å²) in [6.07, 6.45) is 2.22. The van der Waals surface area contributed by atoms with Crippen LogP contribution in [-0.4, -0.2) is 0 Å². The number of hydrogen-bond donors (Lipinski definition) is 2. The lowest BCUT2D eigenvalue weighted by Gasteiger charge is -2.07. The van der Waals surface area contributed by atoms with Crippen molar-refractivity contribution in [1.29, 1.82) is 0 Å². The summed E-state index contributed by atoms with van der Waals surface area (Å²) in [6.45, 7) is 4.15. The van der Waals surface area contributed by atoms with Gasteiger partial charge in [0.1, 0.15) is 0 Å². The van der Waals surface area contributed by atoms with Gasteiger partial charge in [-0.15, -0.1) is 0 Å². The van der Waals surface area contributed by atoms with Crippen molar-refractivity contribution in [3.8, 4) is 0 Å². The highest BCUT2D eigenvalue weighted by molar-refractivity contribution is 5.68. The number of aryl methyl sites for hydroxylation is 2. The Labute approximate surface area is 73.6 Å². The van der Waals surface area contributed by atoms with Gasteiger partial charge in [0, 0.05) is 0 Å². The number of rotatable bonds is 2. The van der Waals surface area contributed by atoms with E-state index in [-0.39, 0.29) is 0 Å². The first-order chi connectivity index (χ1) is 5.65. The van der Waals surface area contributed by atoms with Crippen LogP contribution in [0.1, 0.15) is 24.5 Å². The van der Waals surface area contributed by atoms with Gasteiger partial charge >= 0.3 is 0 Å². The first kappa shape index (κ1) is 8.91. The van der Waals surface area contributed by atoms with Gasteiger partial charge in [-0.05, 0) is 30.5 Å². The largest absolute Gasteiger partial charge is 0.397 e. The van der Waals surface area contributed by atoms with Crippen LogP contribution in [0.25, 0.3) is 0 Å². The van der Waals surface area contributed by atoms with Gasteiger partial charge in [-0.25, -0.2) is 0 Å². The normalized spacial score (nSPS) is 10.2. The molecule has 0 heterocycles. The summed E-state index contributed by atoms with van der Waals surface area (Å²) >= 11 is 0. The smallest absolute Gasteiger partial charge is 0.0577 e. The minimum Gasteiger partial charge on any atom is -0.397 e. The standard InChI is InChI=1S/C10H16N2/c1-3-4-8-5-7(2)10(12)9(11)6-8/h5-6H,3-4,11-12H2,1-2H3. The molecule has 0 saturated heterocycles. The van der Waals surface area contributed by atoms with E-state index in [0.717, 1.165) is 24.1 Å². The molecule has 0 spiro atoms. The molecule has 0 aliphatic rings. The predicted octanol–water partition coefficient (Wildman–Crippen LogP) is 2.11. The summed E-state index contributed by atoms with van der Waals surface area (Å²) in [4.78, 5) is 0. The van der Waals surface area contributed by atoms with E-state index in [1.54, 1.807) is 0 Å². The van der Waals surface area contributed by atoms with Gasteiger partial charge in [-0.3, -0.25) is 0 Å². The predicted molar refractivity (Wildman–Crippen MR) is 54.0 cm³/mol. The van der Waals surface area contributed by atoms with Gasteiger partial charge in [0.2, 0.25) is 0 Å². The molecule has 0 atom stereocenters. The lowest BCUT2D eigenvalue weighted by atomic mass is 10.0. The molecule has 0 unspecified atom stereocenters. The molecule has 0 fully saturated rings. The Morgan fingerprint density at radius 3 is 2.42 bits per heavy atom. The van der Waals surface area contributed by atoms with Crippen molar-refractivity contribution in [2.75, 3.05) is 11.5 Å². The second kappa shape index (κ2) is 3.48. The highest BCUT2D eigenvalue weighted by Crippen LogP contribution is 2.22. The van der Waals surface area contributed by atoms with Crippen LogP contribution in [-0.2, 0) is 6.42 Å². The summed E-state index contributed by atoms with van der Waals surface area (Å²) in [5.41, 5.74) is 15.2. The van der Waals surface area contributed by atoms with E-state index < -0.39 is 0 Å². The lowest BCUT2D eigenvalue weighted by Crippen LogP contribution is -1.99. The molecule has 0 saturated carbocycles. The van der Waals surface area contributed by atoms with Gasteiger partial charge in [0.25, 0.3) is 0 Å².